The van der Waals surface area contributed by atoms with Crippen LogP contribution in [-0.4, -0.2) is 9.55 Å². The molecule has 0 bridgehead atoms. The summed E-state index contributed by atoms with van der Waals surface area (Å²) in [6.07, 6.45) is 5.34. The van der Waals surface area contributed by atoms with Gasteiger partial charge in [0.1, 0.15) is 0 Å². The molecule has 1 heterocycles. The molecule has 1 aromatic carbocycles. The van der Waals surface area contributed by atoms with Gasteiger partial charge in [0.05, 0.1) is 11.0 Å². The Morgan fingerprint density at radius 3 is 2.78 bits per heavy atom. The molecule has 0 spiro atoms. The Bertz CT molecular complexity index is 626. The minimum atomic E-state index is 0.497. The van der Waals surface area contributed by atoms with Crippen LogP contribution in [0.25, 0.3) is 11.0 Å². The lowest BCUT2D eigenvalue weighted by Crippen LogP contribution is -2.33. The highest BCUT2D eigenvalue weighted by atomic mass is 32.1. The first-order valence-electron chi connectivity index (χ1n) is 6.83. The Labute approximate surface area is 113 Å². The van der Waals surface area contributed by atoms with Crippen LogP contribution in [0.2, 0.25) is 0 Å². The van der Waals surface area contributed by atoms with Gasteiger partial charge >= 0.3 is 0 Å². The normalized spacial score (nSPS) is 17.9. The summed E-state index contributed by atoms with van der Waals surface area (Å²) in [4.78, 5) is 3.33. The predicted molar refractivity (Wildman–Crippen MR) is 78.4 cm³/mol. The van der Waals surface area contributed by atoms with Gasteiger partial charge in [0.15, 0.2) is 4.77 Å². The number of hydrogen-bond donors (Lipinski definition) is 1. The van der Waals surface area contributed by atoms with Crippen LogP contribution < -0.4 is 0 Å². The smallest absolute Gasteiger partial charge is 0.178 e. The summed E-state index contributed by atoms with van der Waals surface area (Å²) in [5.74, 6) is 0. The molecule has 1 fully saturated rings. The summed E-state index contributed by atoms with van der Waals surface area (Å²) in [6, 6.07) is 6.51. The van der Waals surface area contributed by atoms with E-state index in [1.807, 2.05) is 0 Å². The molecule has 0 radical (unpaired) electrons. The average molecular weight is 260 g/mol. The summed E-state index contributed by atoms with van der Waals surface area (Å²) in [5, 5.41) is 0. The van der Waals surface area contributed by atoms with Gasteiger partial charge in [-0.15, -0.1) is 0 Å². The number of aromatic nitrogens is 2. The standard InChI is InChI=1S/C15H20N2S/c1-3-15(7-4-8-15)10-17-13-9-11(2)5-6-12(13)16-14(17)18/h5-6,9H,3-4,7-8,10H2,1-2H3,(H,16,18). The Balaban J connectivity index is 2.08. The quantitative estimate of drug-likeness (QED) is 0.801. The molecule has 0 atom stereocenters. The minimum absolute atomic E-state index is 0.497. The molecule has 1 aliphatic carbocycles. The molecular formula is C15H20N2S. The third kappa shape index (κ3) is 1.81. The highest BCUT2D eigenvalue weighted by Gasteiger charge is 2.35. The van der Waals surface area contributed by atoms with Gasteiger partial charge in [-0.3, -0.25) is 0 Å². The van der Waals surface area contributed by atoms with Gasteiger partial charge in [-0.2, -0.15) is 0 Å². The number of H-pyrrole nitrogens is 1. The summed E-state index contributed by atoms with van der Waals surface area (Å²) in [5.41, 5.74) is 4.22. The third-order valence-corrected chi connectivity index (χ3v) is 4.91. The zero-order valence-electron chi connectivity index (χ0n) is 11.1. The van der Waals surface area contributed by atoms with Crippen LogP contribution in [0.5, 0.6) is 0 Å². The van der Waals surface area contributed by atoms with Crippen molar-refractivity contribution in [1.82, 2.24) is 9.55 Å². The van der Waals surface area contributed by atoms with Crippen molar-refractivity contribution in [3.63, 3.8) is 0 Å². The number of fused-ring (bicyclic) bond motifs is 1. The molecule has 18 heavy (non-hydrogen) atoms. The van der Waals surface area contributed by atoms with Gasteiger partial charge in [-0.25, -0.2) is 0 Å². The zero-order valence-corrected chi connectivity index (χ0v) is 11.9. The van der Waals surface area contributed by atoms with E-state index < -0.39 is 0 Å². The van der Waals surface area contributed by atoms with E-state index in [-0.39, 0.29) is 0 Å². The SMILES string of the molecule is CCC1(Cn2c(=S)[nH]c3ccc(C)cc32)CCC1. The first kappa shape index (κ1) is 12.0. The average Bonchev–Trinajstić information content (AvgIpc) is 2.60. The maximum atomic E-state index is 5.49. The lowest BCUT2D eigenvalue weighted by Gasteiger charge is -2.41. The second-order valence-corrected chi connectivity index (χ2v) is 6.13. The van der Waals surface area contributed by atoms with Crippen molar-refractivity contribution in [3.05, 3.63) is 28.5 Å². The van der Waals surface area contributed by atoms with Gasteiger partial charge in [-0.1, -0.05) is 19.4 Å². The number of imidazole rings is 1. The number of nitrogens with zero attached hydrogens (tertiary/aromatic N) is 1. The van der Waals surface area contributed by atoms with Crippen molar-refractivity contribution in [3.8, 4) is 0 Å². The monoisotopic (exact) mass is 260 g/mol. The summed E-state index contributed by atoms with van der Waals surface area (Å²) < 4.78 is 3.18. The Morgan fingerprint density at radius 2 is 2.17 bits per heavy atom. The molecule has 3 heteroatoms. The fraction of sp³-hybridized carbons (Fsp3) is 0.533. The Hall–Kier alpha value is -1.09. The molecule has 2 nitrogen and oxygen atoms in total. The van der Waals surface area contributed by atoms with E-state index in [2.05, 4.69) is 41.6 Å². The van der Waals surface area contributed by atoms with E-state index in [9.17, 15) is 0 Å². The number of hydrogen-bond acceptors (Lipinski definition) is 1. The largest absolute Gasteiger partial charge is 0.331 e. The molecule has 0 amide bonds. The molecular weight excluding hydrogens is 240 g/mol. The van der Waals surface area contributed by atoms with Crippen molar-refractivity contribution >= 4 is 23.3 Å². The molecule has 0 aliphatic heterocycles. The topological polar surface area (TPSA) is 20.7 Å². The van der Waals surface area contributed by atoms with Gasteiger partial charge in [0.2, 0.25) is 0 Å². The maximum absolute atomic E-state index is 5.49. The van der Waals surface area contributed by atoms with Crippen LogP contribution in [0.1, 0.15) is 38.2 Å². The van der Waals surface area contributed by atoms with Gasteiger partial charge in [0, 0.05) is 6.54 Å². The predicted octanol–water partition coefficient (Wildman–Crippen LogP) is 4.59. The van der Waals surface area contributed by atoms with Gasteiger partial charge in [0.25, 0.3) is 0 Å². The van der Waals surface area contributed by atoms with Crippen molar-refractivity contribution in [1.29, 1.82) is 0 Å². The van der Waals surface area contributed by atoms with Crippen LogP contribution in [0.15, 0.2) is 18.2 Å². The first-order chi connectivity index (χ1) is 8.63. The van der Waals surface area contributed by atoms with Crippen LogP contribution in [-0.2, 0) is 6.54 Å². The van der Waals surface area contributed by atoms with Crippen LogP contribution in [0.3, 0.4) is 0 Å². The molecule has 96 valence electrons. The maximum Gasteiger partial charge on any atom is 0.178 e. The Kier molecular flexibility index (Phi) is 2.81. The second kappa shape index (κ2) is 4.23. The highest BCUT2D eigenvalue weighted by molar-refractivity contribution is 7.71. The zero-order chi connectivity index (χ0) is 12.8. The number of benzene rings is 1. The number of nitrogens with one attached hydrogen (secondary N) is 1. The van der Waals surface area contributed by atoms with Gasteiger partial charge < -0.3 is 9.55 Å². The lowest BCUT2D eigenvalue weighted by atomic mass is 9.67. The van der Waals surface area contributed by atoms with E-state index >= 15 is 0 Å². The molecule has 0 unspecified atom stereocenters. The van der Waals surface area contributed by atoms with Crippen LogP contribution in [0, 0.1) is 17.1 Å². The fourth-order valence-electron chi connectivity index (χ4n) is 3.06. The number of aryl methyl sites for hydroxylation is 1. The molecule has 1 aliphatic rings. The summed E-state index contributed by atoms with van der Waals surface area (Å²) >= 11 is 5.49. The second-order valence-electron chi connectivity index (χ2n) is 5.74. The minimum Gasteiger partial charge on any atom is -0.331 e. The van der Waals surface area contributed by atoms with Crippen molar-refractivity contribution < 1.29 is 0 Å². The lowest BCUT2D eigenvalue weighted by molar-refractivity contribution is 0.101. The Morgan fingerprint density at radius 1 is 1.39 bits per heavy atom. The van der Waals surface area contributed by atoms with Crippen molar-refractivity contribution in [2.75, 3.05) is 0 Å². The third-order valence-electron chi connectivity index (χ3n) is 4.59. The molecule has 1 aromatic heterocycles. The van der Waals surface area contributed by atoms with E-state index in [1.165, 1.54) is 36.8 Å². The van der Waals surface area contributed by atoms with E-state index in [0.717, 1.165) is 16.8 Å². The van der Waals surface area contributed by atoms with E-state index in [1.54, 1.807) is 0 Å². The molecule has 0 saturated heterocycles. The van der Waals surface area contributed by atoms with E-state index in [0.29, 0.717) is 5.41 Å². The van der Waals surface area contributed by atoms with Gasteiger partial charge in [-0.05, 0) is 61.5 Å². The van der Waals surface area contributed by atoms with Crippen molar-refractivity contribution in [2.45, 2.75) is 46.1 Å². The number of aromatic amines is 1. The molecule has 2 aromatic rings. The van der Waals surface area contributed by atoms with E-state index in [4.69, 9.17) is 12.2 Å². The highest BCUT2D eigenvalue weighted by Crippen LogP contribution is 2.45. The summed E-state index contributed by atoms with van der Waals surface area (Å²) in [6.45, 7) is 5.52. The summed E-state index contributed by atoms with van der Waals surface area (Å²) in [7, 11) is 0. The van der Waals surface area contributed by atoms with Crippen molar-refractivity contribution in [2.24, 2.45) is 5.41 Å². The fourth-order valence-corrected chi connectivity index (χ4v) is 3.33. The molecule has 3 rings (SSSR count). The van der Waals surface area contributed by atoms with Crippen LogP contribution >= 0.6 is 12.2 Å². The van der Waals surface area contributed by atoms with Crippen LogP contribution in [0.4, 0.5) is 0 Å². The molecule has 1 saturated carbocycles. The number of rotatable bonds is 3. The molecule has 1 N–H and O–H groups in total. The first-order valence-corrected chi connectivity index (χ1v) is 7.24.